The van der Waals surface area contributed by atoms with Gasteiger partial charge in [-0.3, -0.25) is 9.78 Å². The van der Waals surface area contributed by atoms with Gasteiger partial charge in [-0.1, -0.05) is 0 Å². The number of likely N-dealkylation sites (N-methyl/N-ethyl adjacent to an activating group) is 1. The van der Waals surface area contributed by atoms with Gasteiger partial charge in [0.15, 0.2) is 0 Å². The van der Waals surface area contributed by atoms with Gasteiger partial charge in [0, 0.05) is 26.3 Å². The molecule has 16 heavy (non-hydrogen) atoms. The first-order chi connectivity index (χ1) is 7.50. The molecule has 0 radical (unpaired) electrons. The smallest absolute Gasteiger partial charge is 0.236 e. The molecule has 1 heterocycles. The zero-order valence-electron chi connectivity index (χ0n) is 9.70. The average Bonchev–Trinajstić information content (AvgIpc) is 2.25. The highest BCUT2D eigenvalue weighted by Gasteiger charge is 2.09. The topological polar surface area (TPSA) is 45.2 Å². The number of rotatable bonds is 4. The highest BCUT2D eigenvalue weighted by Crippen LogP contribution is 2.11. The lowest BCUT2D eigenvalue weighted by Crippen LogP contribution is -2.34. The first kappa shape index (κ1) is 12.6. The largest absolute Gasteiger partial charge is 0.348 e. The number of hydrogen-bond donors (Lipinski definition) is 1. The number of nitrogens with zero attached hydrogens (tertiary/aromatic N) is 2. The van der Waals surface area contributed by atoms with Crippen LogP contribution in [-0.2, 0) is 4.79 Å². The second-order valence-corrected chi connectivity index (χ2v) is 3.83. The first-order valence-electron chi connectivity index (χ1n) is 5.04. The summed E-state index contributed by atoms with van der Waals surface area (Å²) in [5.74, 6) is -0.388. The van der Waals surface area contributed by atoms with E-state index in [0.717, 1.165) is 11.8 Å². The van der Waals surface area contributed by atoms with Crippen molar-refractivity contribution in [1.29, 1.82) is 0 Å². The Kier molecular flexibility index (Phi) is 4.37. The molecule has 0 bridgehead atoms. The normalized spacial score (nSPS) is 12.2. The van der Waals surface area contributed by atoms with E-state index in [1.807, 2.05) is 6.92 Å². The van der Waals surface area contributed by atoms with Crippen molar-refractivity contribution in [2.24, 2.45) is 0 Å². The van der Waals surface area contributed by atoms with Crippen LogP contribution in [0.4, 0.5) is 4.39 Å². The molecule has 0 aromatic carbocycles. The van der Waals surface area contributed by atoms with Crippen LogP contribution in [0.15, 0.2) is 18.5 Å². The maximum absolute atomic E-state index is 12.9. The summed E-state index contributed by atoms with van der Waals surface area (Å²) in [7, 11) is 3.39. The van der Waals surface area contributed by atoms with Crippen molar-refractivity contribution in [3.05, 3.63) is 29.8 Å². The van der Waals surface area contributed by atoms with Crippen LogP contribution in [0.25, 0.3) is 0 Å². The van der Waals surface area contributed by atoms with E-state index in [1.165, 1.54) is 11.0 Å². The fourth-order valence-corrected chi connectivity index (χ4v) is 1.18. The van der Waals surface area contributed by atoms with Crippen molar-refractivity contribution < 1.29 is 9.18 Å². The molecule has 1 rings (SSSR count). The van der Waals surface area contributed by atoms with Crippen LogP contribution in [0.5, 0.6) is 0 Å². The molecule has 1 atom stereocenters. The highest BCUT2D eigenvalue weighted by molar-refractivity contribution is 5.77. The minimum Gasteiger partial charge on any atom is -0.348 e. The van der Waals surface area contributed by atoms with Crippen molar-refractivity contribution >= 4 is 5.91 Å². The second-order valence-electron chi connectivity index (χ2n) is 3.83. The minimum absolute atomic E-state index is 0.0174. The molecule has 1 aromatic rings. The molecule has 0 aliphatic carbocycles. The third-order valence-corrected chi connectivity index (χ3v) is 2.28. The van der Waals surface area contributed by atoms with E-state index in [4.69, 9.17) is 0 Å². The fourth-order valence-electron chi connectivity index (χ4n) is 1.18. The van der Waals surface area contributed by atoms with Crippen molar-refractivity contribution in [1.82, 2.24) is 15.2 Å². The zero-order chi connectivity index (χ0) is 12.1. The number of nitrogens with one attached hydrogen (secondary N) is 1. The molecule has 5 heteroatoms. The van der Waals surface area contributed by atoms with Crippen molar-refractivity contribution in [2.75, 3.05) is 20.6 Å². The van der Waals surface area contributed by atoms with Gasteiger partial charge in [0.1, 0.15) is 5.82 Å². The van der Waals surface area contributed by atoms with Gasteiger partial charge < -0.3 is 10.2 Å². The molecule has 0 spiro atoms. The predicted molar refractivity (Wildman–Crippen MR) is 59.3 cm³/mol. The molecule has 1 amide bonds. The minimum atomic E-state index is -0.370. The molecule has 0 saturated carbocycles. The number of amides is 1. The Morgan fingerprint density at radius 1 is 1.56 bits per heavy atom. The monoisotopic (exact) mass is 225 g/mol. The summed E-state index contributed by atoms with van der Waals surface area (Å²) in [6, 6.07) is 1.30. The Balaban J connectivity index is 2.53. The van der Waals surface area contributed by atoms with E-state index in [0.29, 0.717) is 0 Å². The lowest BCUT2D eigenvalue weighted by molar-refractivity contribution is -0.127. The lowest BCUT2D eigenvalue weighted by atomic mass is 10.1. The number of carbonyl (C=O) groups excluding carboxylic acids is 1. The molecule has 0 fully saturated rings. The Hall–Kier alpha value is -1.49. The van der Waals surface area contributed by atoms with Crippen LogP contribution in [0.1, 0.15) is 18.5 Å². The molecule has 1 N–H and O–H groups in total. The molecule has 0 aliphatic rings. The summed E-state index contributed by atoms with van der Waals surface area (Å²) in [5.41, 5.74) is 0.728. The summed E-state index contributed by atoms with van der Waals surface area (Å²) in [6.45, 7) is 2.09. The molecular formula is C11H16FN3O. The third-order valence-electron chi connectivity index (χ3n) is 2.28. The third kappa shape index (κ3) is 3.58. The van der Waals surface area contributed by atoms with E-state index in [2.05, 4.69) is 10.3 Å². The Morgan fingerprint density at radius 3 is 2.81 bits per heavy atom. The zero-order valence-corrected chi connectivity index (χ0v) is 9.70. The number of pyridine rings is 1. The molecule has 4 nitrogen and oxygen atoms in total. The van der Waals surface area contributed by atoms with E-state index < -0.39 is 0 Å². The predicted octanol–water partition coefficient (Wildman–Crippen LogP) is 0.959. The van der Waals surface area contributed by atoms with E-state index in [-0.39, 0.29) is 24.3 Å². The van der Waals surface area contributed by atoms with Crippen LogP contribution in [0.2, 0.25) is 0 Å². The van der Waals surface area contributed by atoms with Crippen LogP contribution in [-0.4, -0.2) is 36.4 Å². The van der Waals surface area contributed by atoms with Crippen LogP contribution in [0, 0.1) is 5.82 Å². The molecule has 0 saturated heterocycles. The number of halogens is 1. The highest BCUT2D eigenvalue weighted by atomic mass is 19.1. The number of hydrogen-bond acceptors (Lipinski definition) is 3. The first-order valence-corrected chi connectivity index (χ1v) is 5.04. The van der Waals surface area contributed by atoms with Gasteiger partial charge in [-0.25, -0.2) is 4.39 Å². The van der Waals surface area contributed by atoms with Crippen LogP contribution >= 0.6 is 0 Å². The van der Waals surface area contributed by atoms with Gasteiger partial charge in [0.05, 0.1) is 12.7 Å². The summed E-state index contributed by atoms with van der Waals surface area (Å²) >= 11 is 0. The van der Waals surface area contributed by atoms with Gasteiger partial charge in [-0.2, -0.15) is 0 Å². The van der Waals surface area contributed by atoms with E-state index in [9.17, 15) is 9.18 Å². The van der Waals surface area contributed by atoms with Crippen molar-refractivity contribution in [3.8, 4) is 0 Å². The number of carbonyl (C=O) groups is 1. The average molecular weight is 225 g/mol. The standard InChI is InChI=1S/C11H16FN3O/c1-8(14-7-11(16)15(2)3)9-4-10(12)6-13-5-9/h4-6,8,14H,7H2,1-3H3. The van der Waals surface area contributed by atoms with E-state index >= 15 is 0 Å². The molecule has 1 aromatic heterocycles. The molecule has 1 unspecified atom stereocenters. The quantitative estimate of drug-likeness (QED) is 0.830. The lowest BCUT2D eigenvalue weighted by Gasteiger charge is -2.16. The fraction of sp³-hybridized carbons (Fsp3) is 0.455. The van der Waals surface area contributed by atoms with Gasteiger partial charge >= 0.3 is 0 Å². The Labute approximate surface area is 94.5 Å². The molecule has 0 aliphatic heterocycles. The SMILES string of the molecule is CC(NCC(=O)N(C)C)c1cncc(F)c1. The van der Waals surface area contributed by atoms with E-state index in [1.54, 1.807) is 20.3 Å². The Morgan fingerprint density at radius 2 is 2.25 bits per heavy atom. The number of aromatic nitrogens is 1. The second kappa shape index (κ2) is 5.55. The van der Waals surface area contributed by atoms with Crippen LogP contribution < -0.4 is 5.32 Å². The van der Waals surface area contributed by atoms with Gasteiger partial charge in [0.2, 0.25) is 5.91 Å². The van der Waals surface area contributed by atoms with Crippen molar-refractivity contribution in [2.45, 2.75) is 13.0 Å². The molecular weight excluding hydrogens is 209 g/mol. The summed E-state index contributed by atoms with van der Waals surface area (Å²) in [4.78, 5) is 16.6. The Bertz CT molecular complexity index is 368. The van der Waals surface area contributed by atoms with Gasteiger partial charge in [0.25, 0.3) is 0 Å². The maximum Gasteiger partial charge on any atom is 0.236 e. The molecule has 88 valence electrons. The van der Waals surface area contributed by atoms with Gasteiger partial charge in [-0.05, 0) is 18.6 Å². The van der Waals surface area contributed by atoms with Gasteiger partial charge in [-0.15, -0.1) is 0 Å². The maximum atomic E-state index is 12.9. The summed E-state index contributed by atoms with van der Waals surface area (Å²) in [6.07, 6.45) is 2.74. The van der Waals surface area contributed by atoms with Crippen LogP contribution in [0.3, 0.4) is 0 Å². The van der Waals surface area contributed by atoms with Crippen molar-refractivity contribution in [3.63, 3.8) is 0 Å². The summed E-state index contributed by atoms with van der Waals surface area (Å²) in [5, 5.41) is 3.01. The summed E-state index contributed by atoms with van der Waals surface area (Å²) < 4.78 is 12.9.